The van der Waals surface area contributed by atoms with Crippen LogP contribution in [0.2, 0.25) is 0 Å². The first-order valence-electron chi connectivity index (χ1n) is 8.49. The lowest BCUT2D eigenvalue weighted by molar-refractivity contribution is 0.613. The topological polar surface area (TPSA) is 65.1 Å². The molecule has 5 nitrogen and oxygen atoms in total. The molecular formula is C18H25N5. The molecule has 0 spiro atoms. The van der Waals surface area contributed by atoms with Crippen LogP contribution in [0, 0.1) is 0 Å². The average molecular weight is 311 g/mol. The Balaban J connectivity index is 1.63. The summed E-state index contributed by atoms with van der Waals surface area (Å²) < 4.78 is 0. The maximum absolute atomic E-state index is 4.65. The highest BCUT2D eigenvalue weighted by Crippen LogP contribution is 2.18. The maximum Gasteiger partial charge on any atom is 0.191 e. The number of guanidine groups is 1. The summed E-state index contributed by atoms with van der Waals surface area (Å²) >= 11 is 0. The molecule has 0 amide bonds. The molecule has 1 aliphatic carbocycles. The largest absolute Gasteiger partial charge is 0.357 e. The van der Waals surface area contributed by atoms with Crippen molar-refractivity contribution in [2.45, 2.75) is 45.2 Å². The highest BCUT2D eigenvalue weighted by atomic mass is 15.2. The maximum atomic E-state index is 4.65. The van der Waals surface area contributed by atoms with Gasteiger partial charge < -0.3 is 15.6 Å². The number of nitrogens with one attached hydrogen (secondary N) is 3. The van der Waals surface area contributed by atoms with E-state index < -0.39 is 0 Å². The van der Waals surface area contributed by atoms with Crippen LogP contribution < -0.4 is 10.6 Å². The van der Waals surface area contributed by atoms with E-state index in [0.29, 0.717) is 12.6 Å². The van der Waals surface area contributed by atoms with Gasteiger partial charge in [-0.3, -0.25) is 0 Å². The number of aromatic nitrogens is 2. The van der Waals surface area contributed by atoms with Crippen LogP contribution in [0.5, 0.6) is 0 Å². The number of aliphatic imine (C=N–C) groups is 1. The van der Waals surface area contributed by atoms with Crippen molar-refractivity contribution in [1.82, 2.24) is 20.6 Å². The fourth-order valence-electron chi connectivity index (χ4n) is 2.94. The molecule has 0 radical (unpaired) electrons. The third kappa shape index (κ3) is 4.34. The normalized spacial score (nSPS) is 15.8. The van der Waals surface area contributed by atoms with Crippen molar-refractivity contribution in [2.75, 3.05) is 6.54 Å². The van der Waals surface area contributed by atoms with Gasteiger partial charge in [0.2, 0.25) is 0 Å². The van der Waals surface area contributed by atoms with Crippen molar-refractivity contribution in [2.24, 2.45) is 4.99 Å². The Morgan fingerprint density at radius 3 is 2.78 bits per heavy atom. The predicted molar refractivity (Wildman–Crippen MR) is 94.2 cm³/mol. The molecule has 0 atom stereocenters. The summed E-state index contributed by atoms with van der Waals surface area (Å²) in [6.07, 6.45) is 6.98. The fraction of sp³-hybridized carbons (Fsp3) is 0.444. The van der Waals surface area contributed by atoms with Crippen molar-refractivity contribution in [3.8, 4) is 11.3 Å². The number of aromatic amines is 1. The molecule has 0 aliphatic heterocycles. The van der Waals surface area contributed by atoms with Crippen molar-refractivity contribution < 1.29 is 0 Å². The van der Waals surface area contributed by atoms with Gasteiger partial charge in [0.15, 0.2) is 5.96 Å². The molecule has 1 aromatic carbocycles. The Bertz CT molecular complexity index is 626. The van der Waals surface area contributed by atoms with Crippen LogP contribution >= 0.6 is 0 Å². The van der Waals surface area contributed by atoms with E-state index >= 15 is 0 Å². The number of benzene rings is 1. The number of rotatable bonds is 5. The highest BCUT2D eigenvalue weighted by molar-refractivity contribution is 5.80. The van der Waals surface area contributed by atoms with Crippen molar-refractivity contribution >= 4 is 5.96 Å². The van der Waals surface area contributed by atoms with E-state index in [2.05, 4.69) is 44.7 Å². The van der Waals surface area contributed by atoms with E-state index in [-0.39, 0.29) is 0 Å². The Morgan fingerprint density at radius 1 is 1.26 bits per heavy atom. The third-order valence-electron chi connectivity index (χ3n) is 4.14. The molecule has 0 bridgehead atoms. The van der Waals surface area contributed by atoms with Gasteiger partial charge >= 0.3 is 0 Å². The van der Waals surface area contributed by atoms with Crippen LogP contribution in [-0.2, 0) is 6.54 Å². The second-order valence-electron chi connectivity index (χ2n) is 5.93. The first-order chi connectivity index (χ1) is 11.3. The summed E-state index contributed by atoms with van der Waals surface area (Å²) in [6.45, 7) is 3.51. The molecule has 122 valence electrons. The molecule has 1 aliphatic rings. The van der Waals surface area contributed by atoms with Gasteiger partial charge in [-0.05, 0) is 25.3 Å². The van der Waals surface area contributed by atoms with E-state index in [1.807, 2.05) is 24.4 Å². The van der Waals surface area contributed by atoms with Crippen molar-refractivity contribution in [3.63, 3.8) is 0 Å². The van der Waals surface area contributed by atoms with Gasteiger partial charge in [0.05, 0.1) is 11.9 Å². The standard InChI is InChI=1S/C18H25N5/c1-2-19-18(22-15-10-6-7-11-15)21-13-17-20-12-16(23-17)14-8-4-3-5-9-14/h3-5,8-9,12,15H,2,6-7,10-11,13H2,1H3,(H,20,23)(H2,19,21,22). The van der Waals surface area contributed by atoms with Gasteiger partial charge in [-0.15, -0.1) is 0 Å². The molecule has 23 heavy (non-hydrogen) atoms. The van der Waals surface area contributed by atoms with Crippen LogP contribution in [0.3, 0.4) is 0 Å². The number of imidazole rings is 1. The van der Waals surface area contributed by atoms with Crippen LogP contribution in [0.4, 0.5) is 0 Å². The van der Waals surface area contributed by atoms with Crippen LogP contribution in [-0.4, -0.2) is 28.5 Å². The van der Waals surface area contributed by atoms with E-state index in [1.165, 1.54) is 25.7 Å². The molecule has 1 heterocycles. The summed E-state index contributed by atoms with van der Waals surface area (Å²) in [5, 5.41) is 6.84. The number of hydrogen-bond acceptors (Lipinski definition) is 2. The van der Waals surface area contributed by atoms with Gasteiger partial charge in [-0.2, -0.15) is 0 Å². The van der Waals surface area contributed by atoms with Crippen LogP contribution in [0.15, 0.2) is 41.5 Å². The fourth-order valence-corrected chi connectivity index (χ4v) is 2.94. The molecule has 5 heteroatoms. The lowest BCUT2D eigenvalue weighted by Crippen LogP contribution is -2.42. The zero-order valence-electron chi connectivity index (χ0n) is 13.7. The van der Waals surface area contributed by atoms with Crippen molar-refractivity contribution in [3.05, 3.63) is 42.4 Å². The summed E-state index contributed by atoms with van der Waals surface area (Å²) in [4.78, 5) is 12.4. The van der Waals surface area contributed by atoms with Crippen LogP contribution in [0.1, 0.15) is 38.4 Å². The molecule has 2 aromatic rings. The first-order valence-corrected chi connectivity index (χ1v) is 8.49. The Kier molecular flexibility index (Phi) is 5.29. The predicted octanol–water partition coefficient (Wildman–Crippen LogP) is 3.07. The molecule has 1 aromatic heterocycles. The lowest BCUT2D eigenvalue weighted by Gasteiger charge is -2.16. The SMILES string of the molecule is CCNC(=NCc1ncc(-c2ccccc2)[nH]1)NC1CCCC1. The van der Waals surface area contributed by atoms with Crippen molar-refractivity contribution in [1.29, 1.82) is 0 Å². The van der Waals surface area contributed by atoms with Gasteiger partial charge in [0, 0.05) is 12.6 Å². The minimum absolute atomic E-state index is 0.550. The molecule has 3 rings (SSSR count). The smallest absolute Gasteiger partial charge is 0.191 e. The van der Waals surface area contributed by atoms with E-state index in [1.54, 1.807) is 0 Å². The summed E-state index contributed by atoms with van der Waals surface area (Å²) in [5.74, 6) is 1.77. The molecular weight excluding hydrogens is 286 g/mol. The summed E-state index contributed by atoms with van der Waals surface area (Å²) in [6, 6.07) is 10.8. The quantitative estimate of drug-likeness (QED) is 0.587. The third-order valence-corrected chi connectivity index (χ3v) is 4.14. The number of hydrogen-bond donors (Lipinski definition) is 3. The van der Waals surface area contributed by atoms with E-state index in [0.717, 1.165) is 29.6 Å². The lowest BCUT2D eigenvalue weighted by atomic mass is 10.2. The Hall–Kier alpha value is -2.30. The molecule has 0 unspecified atom stereocenters. The summed E-state index contributed by atoms with van der Waals surface area (Å²) in [5.41, 5.74) is 2.18. The van der Waals surface area contributed by atoms with Gasteiger partial charge in [-0.25, -0.2) is 9.98 Å². The number of nitrogens with zero attached hydrogens (tertiary/aromatic N) is 2. The van der Waals surface area contributed by atoms with Crippen LogP contribution in [0.25, 0.3) is 11.3 Å². The minimum Gasteiger partial charge on any atom is -0.357 e. The Morgan fingerprint density at radius 2 is 2.04 bits per heavy atom. The molecule has 3 N–H and O–H groups in total. The zero-order chi connectivity index (χ0) is 15.9. The molecule has 1 saturated carbocycles. The molecule has 0 saturated heterocycles. The average Bonchev–Trinajstić information content (AvgIpc) is 3.25. The van der Waals surface area contributed by atoms with Gasteiger partial charge in [0.25, 0.3) is 0 Å². The molecule has 1 fully saturated rings. The zero-order valence-corrected chi connectivity index (χ0v) is 13.7. The van der Waals surface area contributed by atoms with Gasteiger partial charge in [0.1, 0.15) is 12.4 Å². The Labute approximate surface area is 137 Å². The highest BCUT2D eigenvalue weighted by Gasteiger charge is 2.15. The van der Waals surface area contributed by atoms with Gasteiger partial charge in [-0.1, -0.05) is 43.2 Å². The minimum atomic E-state index is 0.550. The summed E-state index contributed by atoms with van der Waals surface area (Å²) in [7, 11) is 0. The number of H-pyrrole nitrogens is 1. The second-order valence-corrected chi connectivity index (χ2v) is 5.93. The van der Waals surface area contributed by atoms with E-state index in [9.17, 15) is 0 Å². The van der Waals surface area contributed by atoms with E-state index in [4.69, 9.17) is 0 Å². The first kappa shape index (κ1) is 15.6. The second kappa shape index (κ2) is 7.81. The monoisotopic (exact) mass is 311 g/mol.